The zero-order chi connectivity index (χ0) is 13.9. The number of nitrogens with one attached hydrogen (secondary N) is 2. The molecule has 108 valence electrons. The van der Waals surface area contributed by atoms with Crippen LogP contribution in [0.5, 0.6) is 0 Å². The Morgan fingerprint density at radius 2 is 2.11 bits per heavy atom. The van der Waals surface area contributed by atoms with Crippen LogP contribution in [-0.2, 0) is 19.0 Å². The second-order valence-corrected chi connectivity index (χ2v) is 5.18. The van der Waals surface area contributed by atoms with E-state index in [-0.39, 0.29) is 18.9 Å². The van der Waals surface area contributed by atoms with Crippen LogP contribution in [0.1, 0.15) is 26.7 Å². The van der Waals surface area contributed by atoms with Crippen LogP contribution < -0.4 is 10.9 Å². The maximum absolute atomic E-state index is 14.1. The summed E-state index contributed by atoms with van der Waals surface area (Å²) in [6, 6.07) is -0.471. The maximum atomic E-state index is 14.1. The van der Waals surface area contributed by atoms with Crippen LogP contribution >= 0.6 is 0 Å². The molecule has 0 radical (unpaired) electrons. The highest BCUT2D eigenvalue weighted by Gasteiger charge is 2.38. The lowest BCUT2D eigenvalue weighted by molar-refractivity contribution is -0.152. The molecule has 0 aromatic rings. The van der Waals surface area contributed by atoms with Gasteiger partial charge in [0.05, 0.1) is 12.6 Å². The molecule has 0 aromatic heterocycles. The fraction of sp³-hybridized carbons (Fsp3) is 0.750. The van der Waals surface area contributed by atoms with Gasteiger partial charge < -0.3 is 14.2 Å². The molecule has 0 spiro atoms. The van der Waals surface area contributed by atoms with Crippen LogP contribution in [0.2, 0.25) is 0 Å². The zero-order valence-corrected chi connectivity index (χ0v) is 11.1. The molecule has 0 bridgehead atoms. The third-order valence-corrected chi connectivity index (χ3v) is 3.22. The van der Waals surface area contributed by atoms with Crippen molar-refractivity contribution in [3.05, 3.63) is 12.5 Å². The Morgan fingerprint density at radius 1 is 1.42 bits per heavy atom. The SMILES string of the molecule is CC1(CC(=O)NNC2CCOCC2(C)F)OC=CO1. The molecule has 19 heavy (non-hydrogen) atoms. The van der Waals surface area contributed by atoms with Gasteiger partial charge >= 0.3 is 0 Å². The zero-order valence-electron chi connectivity index (χ0n) is 11.1. The molecule has 0 saturated carbocycles. The Hall–Kier alpha value is -1.34. The Bertz CT molecular complexity index is 365. The number of ether oxygens (including phenoxy) is 3. The van der Waals surface area contributed by atoms with Gasteiger partial charge in [-0.15, -0.1) is 0 Å². The van der Waals surface area contributed by atoms with Crippen LogP contribution in [0.15, 0.2) is 12.5 Å². The lowest BCUT2D eigenvalue weighted by atomic mass is 9.95. The summed E-state index contributed by atoms with van der Waals surface area (Å²) in [7, 11) is 0. The van der Waals surface area contributed by atoms with Crippen LogP contribution in [0.4, 0.5) is 4.39 Å². The third kappa shape index (κ3) is 3.57. The largest absolute Gasteiger partial charge is 0.457 e. The predicted molar refractivity (Wildman–Crippen MR) is 64.3 cm³/mol. The van der Waals surface area contributed by atoms with Crippen molar-refractivity contribution in [1.29, 1.82) is 0 Å². The summed E-state index contributed by atoms with van der Waals surface area (Å²) < 4.78 is 29.5. The molecule has 1 amide bonds. The van der Waals surface area contributed by atoms with Gasteiger partial charge in [-0.3, -0.25) is 10.2 Å². The molecule has 2 aliphatic rings. The van der Waals surface area contributed by atoms with Gasteiger partial charge in [0.1, 0.15) is 24.6 Å². The lowest BCUT2D eigenvalue weighted by Gasteiger charge is -2.35. The first-order chi connectivity index (χ1) is 8.91. The van der Waals surface area contributed by atoms with E-state index in [0.717, 1.165) is 0 Å². The van der Waals surface area contributed by atoms with Crippen molar-refractivity contribution in [2.75, 3.05) is 13.2 Å². The standard InChI is InChI=1S/C12H19FN2O4/c1-11(13)8-17-4-3-9(11)14-15-10(16)7-12(2)18-5-6-19-12/h5-6,9,14H,3-4,7-8H2,1-2H3,(H,15,16). The predicted octanol–water partition coefficient (Wildman–Crippen LogP) is 0.749. The number of amides is 1. The molecule has 7 heteroatoms. The summed E-state index contributed by atoms with van der Waals surface area (Å²) in [5.41, 5.74) is 3.70. The van der Waals surface area contributed by atoms with Gasteiger partial charge in [0.25, 0.3) is 5.79 Å². The van der Waals surface area contributed by atoms with E-state index < -0.39 is 17.5 Å². The van der Waals surface area contributed by atoms with Crippen molar-refractivity contribution in [2.45, 2.75) is 44.2 Å². The lowest BCUT2D eigenvalue weighted by Crippen LogP contribution is -2.58. The molecule has 2 rings (SSSR count). The van der Waals surface area contributed by atoms with E-state index in [0.29, 0.717) is 13.0 Å². The minimum absolute atomic E-state index is 0.0131. The summed E-state index contributed by atoms with van der Waals surface area (Å²) in [6.07, 6.45) is 3.29. The number of carbonyl (C=O) groups is 1. The molecule has 1 fully saturated rings. The second-order valence-electron chi connectivity index (χ2n) is 5.18. The van der Waals surface area contributed by atoms with E-state index in [4.69, 9.17) is 14.2 Å². The van der Waals surface area contributed by atoms with Gasteiger partial charge in [0.2, 0.25) is 5.91 Å². The average Bonchev–Trinajstić information content (AvgIpc) is 2.73. The van der Waals surface area contributed by atoms with Gasteiger partial charge in [-0.2, -0.15) is 0 Å². The minimum Gasteiger partial charge on any atom is -0.457 e. The molecular formula is C12H19FN2O4. The third-order valence-electron chi connectivity index (χ3n) is 3.22. The van der Waals surface area contributed by atoms with E-state index in [2.05, 4.69) is 10.9 Å². The quantitative estimate of drug-likeness (QED) is 0.740. The van der Waals surface area contributed by atoms with Gasteiger partial charge in [-0.1, -0.05) is 0 Å². The summed E-state index contributed by atoms with van der Waals surface area (Å²) in [5.74, 6) is -1.31. The van der Waals surface area contributed by atoms with Crippen molar-refractivity contribution in [1.82, 2.24) is 10.9 Å². The van der Waals surface area contributed by atoms with Crippen LogP contribution in [0.3, 0.4) is 0 Å². The normalized spacial score (nSPS) is 32.5. The molecule has 2 aliphatic heterocycles. The van der Waals surface area contributed by atoms with E-state index in [1.165, 1.54) is 19.4 Å². The van der Waals surface area contributed by atoms with Gasteiger partial charge in [-0.25, -0.2) is 9.82 Å². The average molecular weight is 274 g/mol. The second kappa shape index (κ2) is 5.34. The van der Waals surface area contributed by atoms with E-state index in [9.17, 15) is 9.18 Å². The Kier molecular flexibility index (Phi) is 3.96. The fourth-order valence-electron chi connectivity index (χ4n) is 2.06. The number of rotatable bonds is 4. The molecule has 2 N–H and O–H groups in total. The number of hydrogen-bond acceptors (Lipinski definition) is 5. The topological polar surface area (TPSA) is 68.8 Å². The molecule has 1 saturated heterocycles. The van der Waals surface area contributed by atoms with Crippen LogP contribution in [0, 0.1) is 0 Å². The van der Waals surface area contributed by atoms with Gasteiger partial charge in [-0.05, 0) is 13.3 Å². The molecule has 6 nitrogen and oxygen atoms in total. The highest BCUT2D eigenvalue weighted by Crippen LogP contribution is 2.24. The number of hydrogen-bond donors (Lipinski definition) is 2. The number of carbonyl (C=O) groups excluding carboxylic acids is 1. The highest BCUT2D eigenvalue weighted by atomic mass is 19.1. The Morgan fingerprint density at radius 3 is 2.74 bits per heavy atom. The van der Waals surface area contributed by atoms with Crippen molar-refractivity contribution in [3.63, 3.8) is 0 Å². The molecule has 2 unspecified atom stereocenters. The minimum atomic E-state index is -1.50. The fourth-order valence-corrected chi connectivity index (χ4v) is 2.06. The summed E-state index contributed by atoms with van der Waals surface area (Å²) >= 11 is 0. The van der Waals surface area contributed by atoms with Crippen molar-refractivity contribution in [3.8, 4) is 0 Å². The maximum Gasteiger partial charge on any atom is 0.255 e. The van der Waals surface area contributed by atoms with Crippen LogP contribution in [-0.4, -0.2) is 36.6 Å². The number of halogens is 1. The van der Waals surface area contributed by atoms with Gasteiger partial charge in [0.15, 0.2) is 0 Å². The molecule has 0 aromatic carbocycles. The summed E-state index contributed by atoms with van der Waals surface area (Å²) in [4.78, 5) is 11.7. The number of alkyl halides is 1. The smallest absolute Gasteiger partial charge is 0.255 e. The Labute approximate surface area is 111 Å². The van der Waals surface area contributed by atoms with Gasteiger partial charge in [0, 0.05) is 13.5 Å². The van der Waals surface area contributed by atoms with E-state index >= 15 is 0 Å². The monoisotopic (exact) mass is 274 g/mol. The molecular weight excluding hydrogens is 255 g/mol. The highest BCUT2D eigenvalue weighted by molar-refractivity contribution is 5.76. The first-order valence-corrected chi connectivity index (χ1v) is 6.23. The summed E-state index contributed by atoms with van der Waals surface area (Å²) in [6.45, 7) is 3.60. The first kappa shape index (κ1) is 14.1. The first-order valence-electron chi connectivity index (χ1n) is 6.23. The molecule has 2 heterocycles. The van der Waals surface area contributed by atoms with E-state index in [1.54, 1.807) is 6.92 Å². The van der Waals surface area contributed by atoms with Crippen molar-refractivity contribution >= 4 is 5.91 Å². The van der Waals surface area contributed by atoms with Crippen LogP contribution in [0.25, 0.3) is 0 Å². The summed E-state index contributed by atoms with van der Waals surface area (Å²) in [5, 5.41) is 0. The molecule has 0 aliphatic carbocycles. The van der Waals surface area contributed by atoms with Crippen molar-refractivity contribution < 1.29 is 23.4 Å². The molecule has 2 atom stereocenters. The number of hydrazine groups is 1. The van der Waals surface area contributed by atoms with Crippen molar-refractivity contribution in [2.24, 2.45) is 0 Å². The Balaban J connectivity index is 1.77. The van der Waals surface area contributed by atoms with E-state index in [1.807, 2.05) is 0 Å².